The molecule has 1 aromatic heterocycles. The first kappa shape index (κ1) is 28.5. The van der Waals surface area contributed by atoms with Gasteiger partial charge in [-0.15, -0.1) is 0 Å². The van der Waals surface area contributed by atoms with Crippen LogP contribution < -0.4 is 27.0 Å². The third kappa shape index (κ3) is 6.03. The summed E-state index contributed by atoms with van der Waals surface area (Å²) in [6.45, 7) is 3.05. The van der Waals surface area contributed by atoms with Crippen molar-refractivity contribution in [2.75, 3.05) is 19.5 Å². The van der Waals surface area contributed by atoms with Gasteiger partial charge in [0, 0.05) is 5.69 Å². The van der Waals surface area contributed by atoms with Crippen molar-refractivity contribution >= 4 is 28.4 Å². The summed E-state index contributed by atoms with van der Waals surface area (Å²) in [5.74, 6) is 1.24. The van der Waals surface area contributed by atoms with E-state index in [1.165, 1.54) is 7.11 Å². The Labute approximate surface area is 240 Å². The van der Waals surface area contributed by atoms with Gasteiger partial charge in [-0.05, 0) is 54.4 Å². The smallest absolute Gasteiger partial charge is 0.335 e. The van der Waals surface area contributed by atoms with E-state index in [4.69, 9.17) is 9.47 Å². The van der Waals surface area contributed by atoms with E-state index >= 15 is 0 Å². The van der Waals surface area contributed by atoms with E-state index in [2.05, 4.69) is 50.8 Å². The molecule has 40 heavy (non-hydrogen) atoms. The first-order valence-electron chi connectivity index (χ1n) is 12.9. The second-order valence-electron chi connectivity index (χ2n) is 9.30. The quantitative estimate of drug-likeness (QED) is 0.173. The Morgan fingerprint density at radius 2 is 1.40 bits per heavy atom. The number of aromatic nitrogens is 2. The molecule has 0 unspecified atom stereocenters. The van der Waals surface area contributed by atoms with Crippen LogP contribution >= 0.6 is 0 Å². The van der Waals surface area contributed by atoms with Crippen LogP contribution in [0.1, 0.15) is 23.9 Å². The number of ether oxygens (including phenoxy) is 2. The zero-order chi connectivity index (χ0) is 27.2. The summed E-state index contributed by atoms with van der Waals surface area (Å²) in [6.07, 6.45) is 0. The molecule has 0 atom stereocenters. The van der Waals surface area contributed by atoms with E-state index in [-0.39, 0.29) is 12.4 Å². The Kier molecular flexibility index (Phi) is 9.25. The summed E-state index contributed by atoms with van der Waals surface area (Å²) in [5, 5.41) is 3.56. The second kappa shape index (κ2) is 13.0. The van der Waals surface area contributed by atoms with Crippen LogP contribution in [0.4, 0.5) is 5.69 Å². The topological polar surface area (TPSA) is 56.4 Å². The summed E-state index contributed by atoms with van der Waals surface area (Å²) in [7, 11) is 3.05. The number of esters is 1. The number of carbonyl (C=O) groups is 1. The van der Waals surface area contributed by atoms with Crippen LogP contribution in [0.15, 0.2) is 115 Å². The number of anilines is 1. The molecule has 204 valence electrons. The van der Waals surface area contributed by atoms with E-state index in [0.29, 0.717) is 24.4 Å². The molecule has 0 radical (unpaired) electrons. The Hall–Kier alpha value is -4.55. The summed E-state index contributed by atoms with van der Waals surface area (Å²) >= 11 is 0. The van der Waals surface area contributed by atoms with Gasteiger partial charge in [0.1, 0.15) is 24.5 Å². The highest BCUT2D eigenvalue weighted by molar-refractivity contribution is 5.99. The molecule has 0 bridgehead atoms. The van der Waals surface area contributed by atoms with Gasteiger partial charge in [0.05, 0.1) is 19.8 Å². The molecule has 7 heteroatoms. The number of carbonyl (C=O) groups excluding carboxylic acids is 1. The summed E-state index contributed by atoms with van der Waals surface area (Å²) < 4.78 is 15.1. The largest absolute Gasteiger partial charge is 1.00 e. The number of benzene rings is 4. The average molecular weight is 554 g/mol. The van der Waals surface area contributed by atoms with Gasteiger partial charge in [0.25, 0.3) is 0 Å². The van der Waals surface area contributed by atoms with Crippen LogP contribution in [0.5, 0.6) is 5.75 Å². The molecule has 6 nitrogen and oxygen atoms in total. The highest BCUT2D eigenvalue weighted by Gasteiger charge is 2.31. The first-order valence-corrected chi connectivity index (χ1v) is 12.9. The van der Waals surface area contributed by atoms with Crippen molar-refractivity contribution in [3.63, 3.8) is 0 Å². The van der Waals surface area contributed by atoms with E-state index in [1.807, 2.05) is 72.8 Å². The van der Waals surface area contributed by atoms with Gasteiger partial charge in [-0.3, -0.25) is 0 Å². The number of para-hydroxylation sites is 2. The second-order valence-corrected chi connectivity index (χ2v) is 9.30. The van der Waals surface area contributed by atoms with Crippen molar-refractivity contribution in [2.45, 2.75) is 20.0 Å². The lowest BCUT2D eigenvalue weighted by Gasteiger charge is -2.15. The van der Waals surface area contributed by atoms with Gasteiger partial charge in [-0.25, -0.2) is 13.9 Å². The number of methoxy groups -OCH3 is 2. The summed E-state index contributed by atoms with van der Waals surface area (Å²) in [4.78, 5) is 13.0. The molecule has 5 rings (SSSR count). The van der Waals surface area contributed by atoms with Crippen molar-refractivity contribution in [2.24, 2.45) is 0 Å². The number of nitrogens with one attached hydrogen (secondary N) is 1. The monoisotopic (exact) mass is 553 g/mol. The number of hydrogen-bond donors (Lipinski definition) is 1. The summed E-state index contributed by atoms with van der Waals surface area (Å²) in [5.41, 5.74) is 6.44. The molecule has 4 aromatic carbocycles. The van der Waals surface area contributed by atoms with Gasteiger partial charge in [-0.2, -0.15) is 0 Å². The molecule has 0 fully saturated rings. The number of rotatable bonds is 9. The molecule has 0 aliphatic rings. The molecule has 1 N–H and O–H groups in total. The maximum absolute atomic E-state index is 13.0. The van der Waals surface area contributed by atoms with Crippen LogP contribution in [-0.4, -0.2) is 24.8 Å². The van der Waals surface area contributed by atoms with E-state index < -0.39 is 5.97 Å². The fourth-order valence-corrected chi connectivity index (χ4v) is 4.81. The van der Waals surface area contributed by atoms with Crippen LogP contribution in [0.3, 0.4) is 0 Å². The predicted molar refractivity (Wildman–Crippen MR) is 154 cm³/mol. The van der Waals surface area contributed by atoms with Gasteiger partial charge >= 0.3 is 11.8 Å². The first-order chi connectivity index (χ1) is 19.1. The Morgan fingerprint density at radius 1 is 0.800 bits per heavy atom. The van der Waals surface area contributed by atoms with Gasteiger partial charge in [0.15, 0.2) is 11.0 Å². The van der Waals surface area contributed by atoms with Crippen molar-refractivity contribution in [3.05, 3.63) is 132 Å². The van der Waals surface area contributed by atoms with E-state index in [9.17, 15) is 4.79 Å². The highest BCUT2D eigenvalue weighted by Crippen LogP contribution is 2.28. The lowest BCUT2D eigenvalue weighted by molar-refractivity contribution is -0.665. The van der Waals surface area contributed by atoms with Crippen molar-refractivity contribution in [1.29, 1.82) is 0 Å². The third-order valence-corrected chi connectivity index (χ3v) is 6.79. The normalized spacial score (nSPS) is 11.4. The van der Waals surface area contributed by atoms with Crippen LogP contribution in [0, 0.1) is 0 Å². The zero-order valence-corrected chi connectivity index (χ0v) is 23.6. The molecule has 0 aliphatic heterocycles. The molecule has 0 amide bonds. The maximum Gasteiger partial charge on any atom is 0.335 e. The summed E-state index contributed by atoms with van der Waals surface area (Å²) in [6, 6.07) is 36.7. The minimum atomic E-state index is -0.395. The van der Waals surface area contributed by atoms with Gasteiger partial charge in [0.2, 0.25) is 0 Å². The molecule has 1 heterocycles. The fourth-order valence-electron chi connectivity index (χ4n) is 4.81. The van der Waals surface area contributed by atoms with Crippen LogP contribution in [0.2, 0.25) is 0 Å². The minimum Gasteiger partial charge on any atom is -1.00 e. The van der Waals surface area contributed by atoms with Crippen LogP contribution in [-0.2, 0) is 22.6 Å². The lowest BCUT2D eigenvalue weighted by atomic mass is 10.1. The van der Waals surface area contributed by atoms with Crippen molar-refractivity contribution in [1.82, 2.24) is 4.57 Å². The number of hydrogen-bond acceptors (Lipinski definition) is 4. The Bertz CT molecular complexity index is 1530. The highest BCUT2D eigenvalue weighted by atomic mass is 35.5. The minimum absolute atomic E-state index is 0. The van der Waals surface area contributed by atoms with E-state index in [1.54, 1.807) is 14.0 Å². The Morgan fingerprint density at radius 3 is 2.02 bits per heavy atom. The van der Waals surface area contributed by atoms with Gasteiger partial charge in [-0.1, -0.05) is 72.8 Å². The SMILES string of the molecule is COC(=O)/C(C)=C(/Nc1ccc(OC)cc1)c1n(Cc2ccccc2)c2ccccc2[n+]1Cc1ccccc1.[Cl-]. The zero-order valence-electron chi connectivity index (χ0n) is 22.8. The number of fused-ring (bicyclic) bond motifs is 1. The lowest BCUT2D eigenvalue weighted by Crippen LogP contribution is -3.00. The third-order valence-electron chi connectivity index (χ3n) is 6.79. The van der Waals surface area contributed by atoms with E-state index in [0.717, 1.165) is 39.4 Å². The number of nitrogens with zero attached hydrogens (tertiary/aromatic N) is 2. The fraction of sp³-hybridized carbons (Fsp3) is 0.152. The average Bonchev–Trinajstić information content (AvgIpc) is 3.28. The molecule has 0 saturated heterocycles. The molecular weight excluding hydrogens is 522 g/mol. The van der Waals surface area contributed by atoms with Gasteiger partial charge < -0.3 is 27.2 Å². The molecule has 0 spiro atoms. The van der Waals surface area contributed by atoms with Crippen LogP contribution in [0.25, 0.3) is 16.7 Å². The number of halogens is 1. The molecular formula is C33H32ClN3O3. The number of imidazole rings is 1. The maximum atomic E-state index is 13.0. The van der Waals surface area contributed by atoms with Crippen molar-refractivity contribution in [3.8, 4) is 5.75 Å². The standard InChI is InChI=1S/C33H31N3O3.ClH/c1-24(33(37)39-3)31(34-27-18-20-28(38-2)21-19-27)32-35(22-25-12-6-4-7-13-25)29-16-10-11-17-30(29)36(32)23-26-14-8-5-9-15-26;/h4-21H,22-23H2,1-3H3;1H. The predicted octanol–water partition coefficient (Wildman–Crippen LogP) is 3.05. The Balaban J connectivity index is 0.00000370. The molecule has 0 aliphatic carbocycles. The molecule has 0 saturated carbocycles. The van der Waals surface area contributed by atoms with Crippen molar-refractivity contribution < 1.29 is 31.2 Å². The molecule has 5 aromatic rings.